The van der Waals surface area contributed by atoms with Crippen LogP contribution >= 0.6 is 0 Å². The molecule has 4 unspecified atom stereocenters. The van der Waals surface area contributed by atoms with Crippen LogP contribution in [0.25, 0.3) is 0 Å². The summed E-state index contributed by atoms with van der Waals surface area (Å²) < 4.78 is 27.1. The molecule has 0 spiro atoms. The average molecular weight is 277 g/mol. The third kappa shape index (κ3) is 1.38. The Hall–Kier alpha value is -1.78. The van der Waals surface area contributed by atoms with Gasteiger partial charge in [0.25, 0.3) is 0 Å². The van der Waals surface area contributed by atoms with Gasteiger partial charge >= 0.3 is 0 Å². The SMILES string of the molecule is O=C1C2C3CCC(C3)C2C(=O)N1c1cc(F)ccc1F. The molecule has 2 saturated carbocycles. The summed E-state index contributed by atoms with van der Waals surface area (Å²) in [6.07, 6.45) is 2.85. The summed E-state index contributed by atoms with van der Waals surface area (Å²) in [5.74, 6) is -2.24. The summed E-state index contributed by atoms with van der Waals surface area (Å²) >= 11 is 0. The van der Waals surface area contributed by atoms with E-state index in [-0.39, 0.29) is 41.2 Å². The summed E-state index contributed by atoms with van der Waals surface area (Å²) in [7, 11) is 0. The van der Waals surface area contributed by atoms with Crippen molar-refractivity contribution < 1.29 is 18.4 Å². The zero-order valence-electron chi connectivity index (χ0n) is 10.7. The molecule has 1 aliphatic heterocycles. The maximum atomic E-state index is 13.8. The third-order valence-electron chi connectivity index (χ3n) is 5.08. The number of anilines is 1. The molecular weight excluding hydrogens is 264 g/mol. The Labute approximate surface area is 114 Å². The van der Waals surface area contributed by atoms with Crippen LogP contribution in [0.2, 0.25) is 0 Å². The van der Waals surface area contributed by atoms with E-state index in [1.165, 1.54) is 0 Å². The number of imide groups is 1. The van der Waals surface area contributed by atoms with Gasteiger partial charge in [0.05, 0.1) is 17.5 Å². The fourth-order valence-electron chi connectivity index (χ4n) is 4.30. The maximum absolute atomic E-state index is 13.8. The lowest BCUT2D eigenvalue weighted by atomic mass is 9.81. The van der Waals surface area contributed by atoms with Crippen molar-refractivity contribution in [3.63, 3.8) is 0 Å². The minimum atomic E-state index is -0.736. The molecule has 5 heteroatoms. The van der Waals surface area contributed by atoms with Gasteiger partial charge in [-0.05, 0) is 43.2 Å². The van der Waals surface area contributed by atoms with Crippen molar-refractivity contribution in [2.75, 3.05) is 4.90 Å². The number of rotatable bonds is 1. The molecule has 3 fully saturated rings. The van der Waals surface area contributed by atoms with Crippen LogP contribution in [0.4, 0.5) is 14.5 Å². The Bertz CT molecular complexity index is 602. The molecule has 20 heavy (non-hydrogen) atoms. The monoisotopic (exact) mass is 277 g/mol. The molecule has 0 N–H and O–H groups in total. The van der Waals surface area contributed by atoms with Crippen molar-refractivity contribution in [3.05, 3.63) is 29.8 Å². The number of nitrogens with zero attached hydrogens (tertiary/aromatic N) is 1. The van der Waals surface area contributed by atoms with Crippen LogP contribution in [-0.2, 0) is 9.59 Å². The Balaban J connectivity index is 1.79. The molecule has 1 aromatic rings. The lowest BCUT2D eigenvalue weighted by Gasteiger charge is -2.19. The van der Waals surface area contributed by atoms with E-state index < -0.39 is 11.6 Å². The Morgan fingerprint density at radius 2 is 1.60 bits per heavy atom. The molecule has 1 heterocycles. The molecular formula is C15H13F2NO2. The number of hydrogen-bond donors (Lipinski definition) is 0. The van der Waals surface area contributed by atoms with E-state index in [2.05, 4.69) is 0 Å². The Kier molecular flexibility index (Phi) is 2.32. The molecule has 0 aromatic heterocycles. The van der Waals surface area contributed by atoms with Crippen molar-refractivity contribution in [1.82, 2.24) is 0 Å². The fraction of sp³-hybridized carbons (Fsp3) is 0.467. The number of amides is 2. The zero-order valence-corrected chi connectivity index (χ0v) is 10.7. The summed E-state index contributed by atoms with van der Waals surface area (Å²) in [4.78, 5) is 25.8. The molecule has 2 aliphatic carbocycles. The van der Waals surface area contributed by atoms with Gasteiger partial charge in [-0.3, -0.25) is 9.59 Å². The van der Waals surface area contributed by atoms with E-state index in [1.807, 2.05) is 0 Å². The normalized spacial score (nSPS) is 35.0. The molecule has 104 valence electrons. The second-order valence-corrected chi connectivity index (χ2v) is 5.99. The van der Waals surface area contributed by atoms with Gasteiger partial charge in [0.2, 0.25) is 11.8 Å². The standard InChI is InChI=1S/C15H13F2NO2/c16-9-3-4-10(17)11(6-9)18-14(19)12-7-1-2-8(5-7)13(12)15(18)20/h3-4,6-8,12-13H,1-2,5H2. The minimum Gasteiger partial charge on any atom is -0.274 e. The zero-order chi connectivity index (χ0) is 14.0. The first-order chi connectivity index (χ1) is 9.58. The van der Waals surface area contributed by atoms with Gasteiger partial charge < -0.3 is 0 Å². The second kappa shape index (κ2) is 3.87. The smallest absolute Gasteiger partial charge is 0.238 e. The van der Waals surface area contributed by atoms with Gasteiger partial charge in [-0.25, -0.2) is 13.7 Å². The summed E-state index contributed by atoms with van der Waals surface area (Å²) in [6, 6.07) is 2.86. The first kappa shape index (κ1) is 12.0. The highest BCUT2D eigenvalue weighted by Crippen LogP contribution is 2.56. The van der Waals surface area contributed by atoms with E-state index in [9.17, 15) is 18.4 Å². The Morgan fingerprint density at radius 3 is 2.20 bits per heavy atom. The number of benzene rings is 1. The van der Waals surface area contributed by atoms with Crippen LogP contribution in [0.3, 0.4) is 0 Å². The first-order valence-electron chi connectivity index (χ1n) is 6.91. The topological polar surface area (TPSA) is 37.4 Å². The maximum Gasteiger partial charge on any atom is 0.238 e. The fourth-order valence-corrected chi connectivity index (χ4v) is 4.30. The van der Waals surface area contributed by atoms with Crippen LogP contribution in [0, 0.1) is 35.3 Å². The lowest BCUT2D eigenvalue weighted by Crippen LogP contribution is -2.33. The highest BCUT2D eigenvalue weighted by molar-refractivity contribution is 6.22. The number of fused-ring (bicyclic) bond motifs is 5. The number of halogens is 2. The molecule has 3 nitrogen and oxygen atoms in total. The Morgan fingerprint density at radius 1 is 1.00 bits per heavy atom. The summed E-state index contributed by atoms with van der Waals surface area (Å²) in [6.45, 7) is 0. The van der Waals surface area contributed by atoms with E-state index in [0.717, 1.165) is 42.4 Å². The summed E-state index contributed by atoms with van der Waals surface area (Å²) in [5.41, 5.74) is -0.242. The van der Waals surface area contributed by atoms with Gasteiger partial charge in [-0.1, -0.05) is 0 Å². The van der Waals surface area contributed by atoms with Crippen molar-refractivity contribution in [2.24, 2.45) is 23.7 Å². The van der Waals surface area contributed by atoms with E-state index in [4.69, 9.17) is 0 Å². The van der Waals surface area contributed by atoms with Crippen LogP contribution in [0.15, 0.2) is 18.2 Å². The quantitative estimate of drug-likeness (QED) is 0.740. The third-order valence-corrected chi connectivity index (χ3v) is 5.08. The number of hydrogen-bond acceptors (Lipinski definition) is 2. The second-order valence-electron chi connectivity index (χ2n) is 5.99. The van der Waals surface area contributed by atoms with Crippen LogP contribution in [0.1, 0.15) is 19.3 Å². The predicted octanol–water partition coefficient (Wildman–Crippen LogP) is 2.50. The van der Waals surface area contributed by atoms with Crippen molar-refractivity contribution in [1.29, 1.82) is 0 Å². The van der Waals surface area contributed by atoms with Gasteiger partial charge in [0.15, 0.2) is 0 Å². The van der Waals surface area contributed by atoms with Gasteiger partial charge in [0.1, 0.15) is 11.6 Å². The molecule has 1 saturated heterocycles. The molecule has 3 aliphatic rings. The summed E-state index contributed by atoms with van der Waals surface area (Å²) in [5, 5.41) is 0. The van der Waals surface area contributed by atoms with E-state index in [0.29, 0.717) is 0 Å². The van der Waals surface area contributed by atoms with Crippen molar-refractivity contribution >= 4 is 17.5 Å². The largest absolute Gasteiger partial charge is 0.274 e. The van der Waals surface area contributed by atoms with Crippen LogP contribution in [-0.4, -0.2) is 11.8 Å². The molecule has 4 atom stereocenters. The van der Waals surface area contributed by atoms with E-state index >= 15 is 0 Å². The highest BCUT2D eigenvalue weighted by Gasteiger charge is 2.61. The van der Waals surface area contributed by atoms with Crippen LogP contribution < -0.4 is 4.90 Å². The van der Waals surface area contributed by atoms with Gasteiger partial charge in [0, 0.05) is 6.07 Å². The van der Waals surface area contributed by atoms with E-state index in [1.54, 1.807) is 0 Å². The van der Waals surface area contributed by atoms with Gasteiger partial charge in [-0.15, -0.1) is 0 Å². The van der Waals surface area contributed by atoms with Crippen molar-refractivity contribution in [3.8, 4) is 0 Å². The average Bonchev–Trinajstić information content (AvgIpc) is 3.08. The number of carbonyl (C=O) groups excluding carboxylic acids is 2. The molecule has 4 rings (SSSR count). The molecule has 0 radical (unpaired) electrons. The van der Waals surface area contributed by atoms with Gasteiger partial charge in [-0.2, -0.15) is 0 Å². The lowest BCUT2D eigenvalue weighted by molar-refractivity contribution is -0.123. The molecule has 2 amide bonds. The first-order valence-corrected chi connectivity index (χ1v) is 6.91. The number of carbonyl (C=O) groups is 2. The molecule has 2 bridgehead atoms. The van der Waals surface area contributed by atoms with Crippen molar-refractivity contribution in [2.45, 2.75) is 19.3 Å². The molecule has 1 aromatic carbocycles. The predicted molar refractivity (Wildman–Crippen MR) is 66.7 cm³/mol. The minimum absolute atomic E-state index is 0.239. The highest BCUT2D eigenvalue weighted by atomic mass is 19.1. The van der Waals surface area contributed by atoms with Crippen LogP contribution in [0.5, 0.6) is 0 Å².